The lowest BCUT2D eigenvalue weighted by Crippen LogP contribution is -2.26. The number of rotatable bonds is 2. The summed E-state index contributed by atoms with van der Waals surface area (Å²) in [6.07, 6.45) is -1.64. The fourth-order valence-corrected chi connectivity index (χ4v) is 1.73. The number of aliphatic hydroxyl groups excluding tert-OH is 1. The Labute approximate surface area is 97.2 Å². The van der Waals surface area contributed by atoms with Gasteiger partial charge in [-0.1, -0.05) is 0 Å². The molecule has 3 N–H and O–H groups in total. The van der Waals surface area contributed by atoms with Crippen LogP contribution in [0.1, 0.15) is 18.6 Å². The number of benzene rings is 1. The van der Waals surface area contributed by atoms with Crippen molar-refractivity contribution in [3.8, 4) is 0 Å². The predicted molar refractivity (Wildman–Crippen MR) is 52.6 cm³/mol. The van der Waals surface area contributed by atoms with E-state index in [0.29, 0.717) is 0 Å². The second-order valence-electron chi connectivity index (χ2n) is 3.29. The van der Waals surface area contributed by atoms with Crippen LogP contribution in [-0.2, 0) is 0 Å². The molecule has 1 aromatic carbocycles. The average molecular weight is 302 g/mol. The molecule has 0 fully saturated rings. The van der Waals surface area contributed by atoms with Crippen LogP contribution in [0, 0.1) is 23.3 Å². The van der Waals surface area contributed by atoms with Gasteiger partial charge in [-0.15, -0.1) is 0 Å². The molecule has 16 heavy (non-hydrogen) atoms. The van der Waals surface area contributed by atoms with Crippen LogP contribution in [0.2, 0.25) is 0 Å². The smallest absolute Gasteiger partial charge is 0.198 e. The third-order valence-corrected chi connectivity index (χ3v) is 2.81. The van der Waals surface area contributed by atoms with Crippen LogP contribution in [0.3, 0.4) is 0 Å². The van der Waals surface area contributed by atoms with E-state index in [1.54, 1.807) is 0 Å². The minimum Gasteiger partial charge on any atom is -0.387 e. The van der Waals surface area contributed by atoms with Gasteiger partial charge in [0.2, 0.25) is 0 Å². The van der Waals surface area contributed by atoms with Crippen molar-refractivity contribution in [3.63, 3.8) is 0 Å². The van der Waals surface area contributed by atoms with Crippen LogP contribution in [-0.4, -0.2) is 11.1 Å². The van der Waals surface area contributed by atoms with Crippen LogP contribution in [0.15, 0.2) is 4.47 Å². The van der Waals surface area contributed by atoms with Crippen molar-refractivity contribution < 1.29 is 22.7 Å². The Hall–Kier alpha value is -0.660. The first kappa shape index (κ1) is 13.4. The molecule has 2 atom stereocenters. The summed E-state index contributed by atoms with van der Waals surface area (Å²) in [5.74, 6) is -7.18. The number of nitrogens with two attached hydrogens (primary N) is 1. The van der Waals surface area contributed by atoms with Gasteiger partial charge >= 0.3 is 0 Å². The Bertz CT molecular complexity index is 395. The topological polar surface area (TPSA) is 46.2 Å². The molecule has 0 heterocycles. The van der Waals surface area contributed by atoms with E-state index in [-0.39, 0.29) is 0 Å². The summed E-state index contributed by atoms with van der Waals surface area (Å²) in [7, 11) is 0. The summed E-state index contributed by atoms with van der Waals surface area (Å²) in [6.45, 7) is 1.32. The van der Waals surface area contributed by atoms with Crippen molar-refractivity contribution in [2.45, 2.75) is 19.1 Å². The van der Waals surface area contributed by atoms with Crippen LogP contribution in [0.4, 0.5) is 17.6 Å². The molecule has 0 aromatic heterocycles. The molecule has 2 nitrogen and oxygen atoms in total. The lowest BCUT2D eigenvalue weighted by molar-refractivity contribution is 0.145. The Balaban J connectivity index is 3.51. The van der Waals surface area contributed by atoms with Crippen molar-refractivity contribution >= 4 is 15.9 Å². The quantitative estimate of drug-likeness (QED) is 0.500. The van der Waals surface area contributed by atoms with Gasteiger partial charge < -0.3 is 10.8 Å². The fourth-order valence-electron chi connectivity index (χ4n) is 1.14. The first-order chi connectivity index (χ1) is 7.29. The van der Waals surface area contributed by atoms with Crippen molar-refractivity contribution in [1.29, 1.82) is 0 Å². The zero-order chi connectivity index (χ0) is 12.6. The van der Waals surface area contributed by atoms with Gasteiger partial charge in [0, 0.05) is 11.6 Å². The van der Waals surface area contributed by atoms with Gasteiger partial charge in [0.15, 0.2) is 23.3 Å². The highest BCUT2D eigenvalue weighted by Crippen LogP contribution is 2.33. The molecule has 0 radical (unpaired) electrons. The van der Waals surface area contributed by atoms with Gasteiger partial charge in [0.05, 0.1) is 10.6 Å². The van der Waals surface area contributed by atoms with Crippen molar-refractivity contribution in [1.82, 2.24) is 0 Å². The molecule has 0 aliphatic carbocycles. The summed E-state index contributed by atoms with van der Waals surface area (Å²) < 4.78 is 51.3. The van der Waals surface area contributed by atoms with E-state index >= 15 is 0 Å². The van der Waals surface area contributed by atoms with E-state index in [4.69, 9.17) is 5.73 Å². The Kier molecular flexibility index (Phi) is 3.92. The van der Waals surface area contributed by atoms with E-state index in [2.05, 4.69) is 15.9 Å². The van der Waals surface area contributed by atoms with Crippen LogP contribution < -0.4 is 5.73 Å². The van der Waals surface area contributed by atoms with Gasteiger partial charge in [-0.2, -0.15) is 0 Å². The summed E-state index contributed by atoms with van der Waals surface area (Å²) in [6, 6.07) is -0.963. The first-order valence-electron chi connectivity index (χ1n) is 4.24. The minimum atomic E-state index is -1.98. The largest absolute Gasteiger partial charge is 0.387 e. The lowest BCUT2D eigenvalue weighted by atomic mass is 10.0. The normalized spacial score (nSPS) is 15.0. The highest BCUT2D eigenvalue weighted by atomic mass is 79.9. The standard InChI is InChI=1S/C9H8BrF4NO/c1-2(15)9(16)3-4(10)6(12)8(14)7(13)5(3)11/h2,9,16H,15H2,1H3/t2-,9-/m0/s1. The third-order valence-electron chi connectivity index (χ3n) is 2.04. The molecule has 7 heteroatoms. The van der Waals surface area contributed by atoms with E-state index in [0.717, 1.165) is 0 Å². The highest BCUT2D eigenvalue weighted by molar-refractivity contribution is 9.10. The number of hydrogen-bond acceptors (Lipinski definition) is 2. The molecule has 0 unspecified atom stereocenters. The van der Waals surface area contributed by atoms with Crippen LogP contribution in [0.5, 0.6) is 0 Å². The maximum Gasteiger partial charge on any atom is 0.198 e. The Morgan fingerprint density at radius 3 is 1.94 bits per heavy atom. The van der Waals surface area contributed by atoms with Gasteiger partial charge in [-0.3, -0.25) is 0 Å². The molecule has 0 aliphatic rings. The van der Waals surface area contributed by atoms with Gasteiger partial charge in [-0.25, -0.2) is 17.6 Å². The third kappa shape index (κ3) is 2.07. The minimum absolute atomic E-state index is 0.673. The van der Waals surface area contributed by atoms with Crippen molar-refractivity contribution in [3.05, 3.63) is 33.3 Å². The maximum atomic E-state index is 13.3. The summed E-state index contributed by atoms with van der Waals surface area (Å²) >= 11 is 2.55. The second kappa shape index (κ2) is 4.68. The first-order valence-corrected chi connectivity index (χ1v) is 5.03. The molecule has 1 rings (SSSR count). The van der Waals surface area contributed by atoms with E-state index in [9.17, 15) is 22.7 Å². The fraction of sp³-hybridized carbons (Fsp3) is 0.333. The number of halogens is 5. The Morgan fingerprint density at radius 1 is 1.06 bits per heavy atom. The predicted octanol–water partition coefficient (Wildman–Crippen LogP) is 2.39. The molecule has 0 bridgehead atoms. The van der Waals surface area contributed by atoms with E-state index in [1.807, 2.05) is 0 Å². The van der Waals surface area contributed by atoms with E-state index < -0.39 is 45.5 Å². The molecule has 90 valence electrons. The zero-order valence-electron chi connectivity index (χ0n) is 8.07. The van der Waals surface area contributed by atoms with Gasteiger partial charge in [-0.05, 0) is 22.9 Å². The van der Waals surface area contributed by atoms with Crippen molar-refractivity contribution in [2.75, 3.05) is 0 Å². The average Bonchev–Trinajstić information content (AvgIpc) is 2.23. The molecular formula is C9H8BrF4NO. The highest BCUT2D eigenvalue weighted by Gasteiger charge is 2.29. The SMILES string of the molecule is C[C@H](N)[C@H](O)c1c(F)c(F)c(F)c(F)c1Br. The van der Waals surface area contributed by atoms with Crippen LogP contribution >= 0.6 is 15.9 Å². The van der Waals surface area contributed by atoms with Gasteiger partial charge in [0.25, 0.3) is 0 Å². The summed E-state index contributed by atoms with van der Waals surface area (Å²) in [5, 5.41) is 9.45. The molecule has 1 aromatic rings. The number of hydrogen-bond donors (Lipinski definition) is 2. The molecule has 0 saturated heterocycles. The van der Waals surface area contributed by atoms with Crippen molar-refractivity contribution in [2.24, 2.45) is 5.73 Å². The molecule has 0 aliphatic heterocycles. The van der Waals surface area contributed by atoms with Gasteiger partial charge in [0.1, 0.15) is 0 Å². The molecule has 0 amide bonds. The monoisotopic (exact) mass is 301 g/mol. The zero-order valence-corrected chi connectivity index (χ0v) is 9.66. The van der Waals surface area contributed by atoms with E-state index in [1.165, 1.54) is 6.92 Å². The summed E-state index contributed by atoms with van der Waals surface area (Å²) in [4.78, 5) is 0. The second-order valence-corrected chi connectivity index (χ2v) is 4.08. The maximum absolute atomic E-state index is 13.3. The Morgan fingerprint density at radius 2 is 1.50 bits per heavy atom. The number of aliphatic hydroxyl groups is 1. The molecule has 0 saturated carbocycles. The summed E-state index contributed by atoms with van der Waals surface area (Å²) in [5.41, 5.74) is 4.54. The molecular weight excluding hydrogens is 294 g/mol. The lowest BCUT2D eigenvalue weighted by Gasteiger charge is -2.18. The molecule has 0 spiro atoms. The van der Waals surface area contributed by atoms with Crippen LogP contribution in [0.25, 0.3) is 0 Å².